The lowest BCUT2D eigenvalue weighted by atomic mass is 9.97. The molecule has 1 N–H and O–H groups in total. The Kier molecular flexibility index (Phi) is 3.60. The molecule has 96 valence electrons. The lowest BCUT2D eigenvalue weighted by Crippen LogP contribution is -2.43. The molecule has 1 saturated heterocycles. The van der Waals surface area contributed by atoms with Crippen molar-refractivity contribution in [3.05, 3.63) is 35.6 Å². The van der Waals surface area contributed by atoms with E-state index in [1.54, 1.807) is 11.0 Å². The number of hydrogen-bond donors (Lipinski definition) is 1. The molecular formula is C13H15FN2O2. The second-order valence-corrected chi connectivity index (χ2v) is 4.50. The molecule has 4 nitrogen and oxygen atoms in total. The summed E-state index contributed by atoms with van der Waals surface area (Å²) < 4.78 is 13.1. The summed E-state index contributed by atoms with van der Waals surface area (Å²) in [7, 11) is 0. The third-order valence-corrected chi connectivity index (χ3v) is 3.19. The van der Waals surface area contributed by atoms with Crippen LogP contribution in [0.4, 0.5) is 4.39 Å². The van der Waals surface area contributed by atoms with Gasteiger partial charge in [-0.15, -0.1) is 0 Å². The monoisotopic (exact) mass is 250 g/mol. The number of amides is 1. The van der Waals surface area contributed by atoms with Crippen LogP contribution < -0.4 is 0 Å². The van der Waals surface area contributed by atoms with Gasteiger partial charge in [-0.2, -0.15) is 0 Å². The molecule has 0 spiro atoms. The summed E-state index contributed by atoms with van der Waals surface area (Å²) in [5.41, 5.74) is 1.06. The van der Waals surface area contributed by atoms with Gasteiger partial charge < -0.3 is 10.1 Å². The maximum atomic E-state index is 13.1. The van der Waals surface area contributed by atoms with Gasteiger partial charge in [0.15, 0.2) is 0 Å². The van der Waals surface area contributed by atoms with Gasteiger partial charge in [-0.25, -0.2) is 4.39 Å². The summed E-state index contributed by atoms with van der Waals surface area (Å²) >= 11 is 0. The topological polar surface area (TPSA) is 52.9 Å². The van der Waals surface area contributed by atoms with Crippen molar-refractivity contribution in [2.45, 2.75) is 13.3 Å². The average molecular weight is 250 g/mol. The maximum absolute atomic E-state index is 13.1. The molecule has 0 saturated carbocycles. The Bertz CT molecular complexity index is 488. The lowest BCUT2D eigenvalue weighted by molar-refractivity contribution is 0.0733. The van der Waals surface area contributed by atoms with Crippen LogP contribution in [-0.4, -0.2) is 34.8 Å². The van der Waals surface area contributed by atoms with Gasteiger partial charge in [0.05, 0.1) is 5.71 Å². The van der Waals surface area contributed by atoms with Crippen LogP contribution in [-0.2, 0) is 0 Å². The SMILES string of the molecule is CC1CN(C(=O)c2cccc(F)c2)CC/C1=N\O. The second kappa shape index (κ2) is 5.16. The van der Waals surface area contributed by atoms with Gasteiger partial charge in [0.2, 0.25) is 0 Å². The lowest BCUT2D eigenvalue weighted by Gasteiger charge is -2.31. The van der Waals surface area contributed by atoms with Crippen molar-refractivity contribution in [2.24, 2.45) is 11.1 Å². The van der Waals surface area contributed by atoms with E-state index in [1.165, 1.54) is 18.2 Å². The van der Waals surface area contributed by atoms with Crippen LogP contribution in [0, 0.1) is 11.7 Å². The summed E-state index contributed by atoms with van der Waals surface area (Å²) in [4.78, 5) is 13.8. The van der Waals surface area contributed by atoms with Crippen LogP contribution in [0.3, 0.4) is 0 Å². The Morgan fingerprint density at radius 2 is 2.33 bits per heavy atom. The molecule has 0 aromatic heterocycles. The fourth-order valence-electron chi connectivity index (χ4n) is 2.16. The highest BCUT2D eigenvalue weighted by Gasteiger charge is 2.26. The zero-order valence-electron chi connectivity index (χ0n) is 10.1. The number of piperidine rings is 1. The van der Waals surface area contributed by atoms with E-state index >= 15 is 0 Å². The zero-order chi connectivity index (χ0) is 13.1. The first-order chi connectivity index (χ1) is 8.61. The van der Waals surface area contributed by atoms with Crippen LogP contribution in [0.1, 0.15) is 23.7 Å². The van der Waals surface area contributed by atoms with Crippen LogP contribution >= 0.6 is 0 Å². The minimum atomic E-state index is -0.413. The summed E-state index contributed by atoms with van der Waals surface area (Å²) in [5.74, 6) is -0.567. The number of rotatable bonds is 1. The highest BCUT2D eigenvalue weighted by atomic mass is 19.1. The summed E-state index contributed by atoms with van der Waals surface area (Å²) in [6, 6.07) is 5.68. The molecule has 1 aliphatic heterocycles. The van der Waals surface area contributed by atoms with Crippen molar-refractivity contribution in [1.29, 1.82) is 0 Å². The van der Waals surface area contributed by atoms with Crippen LogP contribution in [0.2, 0.25) is 0 Å². The van der Waals surface area contributed by atoms with Gasteiger partial charge in [-0.05, 0) is 18.2 Å². The van der Waals surface area contributed by atoms with E-state index in [2.05, 4.69) is 5.16 Å². The summed E-state index contributed by atoms with van der Waals surface area (Å²) in [6.45, 7) is 2.90. The van der Waals surface area contributed by atoms with E-state index < -0.39 is 5.82 Å². The minimum Gasteiger partial charge on any atom is -0.411 e. The number of likely N-dealkylation sites (tertiary alicyclic amines) is 1. The Hall–Kier alpha value is -1.91. The molecule has 1 aromatic rings. The Balaban J connectivity index is 2.12. The Morgan fingerprint density at radius 1 is 1.56 bits per heavy atom. The largest absolute Gasteiger partial charge is 0.411 e. The number of benzene rings is 1. The molecule has 1 atom stereocenters. The normalized spacial score (nSPS) is 22.2. The molecule has 1 aromatic carbocycles. The van der Waals surface area contributed by atoms with E-state index in [0.29, 0.717) is 30.8 Å². The highest BCUT2D eigenvalue weighted by Crippen LogP contribution is 2.17. The standard InChI is InChI=1S/C13H15FN2O2/c1-9-8-16(6-5-12(9)15-18)13(17)10-3-2-4-11(14)7-10/h2-4,7,9,18H,5-6,8H2,1H3/b15-12+. The van der Waals surface area contributed by atoms with Gasteiger partial charge in [-0.3, -0.25) is 4.79 Å². The van der Waals surface area contributed by atoms with E-state index in [9.17, 15) is 9.18 Å². The summed E-state index contributed by atoms with van der Waals surface area (Å²) in [5, 5.41) is 12.0. The van der Waals surface area contributed by atoms with E-state index in [-0.39, 0.29) is 11.8 Å². The molecule has 1 amide bonds. The highest BCUT2D eigenvalue weighted by molar-refractivity contribution is 5.96. The second-order valence-electron chi connectivity index (χ2n) is 4.50. The van der Waals surface area contributed by atoms with E-state index in [1.807, 2.05) is 6.92 Å². The van der Waals surface area contributed by atoms with Crippen molar-refractivity contribution in [3.8, 4) is 0 Å². The van der Waals surface area contributed by atoms with E-state index in [4.69, 9.17) is 5.21 Å². The molecule has 1 heterocycles. The molecule has 5 heteroatoms. The van der Waals surface area contributed by atoms with Crippen LogP contribution in [0.5, 0.6) is 0 Å². The van der Waals surface area contributed by atoms with Gasteiger partial charge in [0.1, 0.15) is 5.82 Å². The predicted molar refractivity (Wildman–Crippen MR) is 65.3 cm³/mol. The molecule has 0 aliphatic carbocycles. The van der Waals surface area contributed by atoms with Crippen molar-refractivity contribution in [3.63, 3.8) is 0 Å². The Morgan fingerprint density at radius 3 is 2.94 bits per heavy atom. The number of nitrogens with zero attached hydrogens (tertiary/aromatic N) is 2. The fraction of sp³-hybridized carbons (Fsp3) is 0.385. The number of carbonyl (C=O) groups excluding carboxylic acids is 1. The van der Waals surface area contributed by atoms with Crippen molar-refractivity contribution in [2.75, 3.05) is 13.1 Å². The molecule has 1 fully saturated rings. The first-order valence-electron chi connectivity index (χ1n) is 5.87. The van der Waals surface area contributed by atoms with E-state index in [0.717, 1.165) is 0 Å². The number of hydrogen-bond acceptors (Lipinski definition) is 3. The van der Waals surface area contributed by atoms with Crippen LogP contribution in [0.25, 0.3) is 0 Å². The molecular weight excluding hydrogens is 235 g/mol. The fourth-order valence-corrected chi connectivity index (χ4v) is 2.16. The average Bonchev–Trinajstić information content (AvgIpc) is 2.37. The molecule has 1 unspecified atom stereocenters. The number of halogens is 1. The minimum absolute atomic E-state index is 0.0289. The quantitative estimate of drug-likeness (QED) is 0.613. The smallest absolute Gasteiger partial charge is 0.253 e. The molecule has 0 bridgehead atoms. The first-order valence-corrected chi connectivity index (χ1v) is 5.87. The van der Waals surface area contributed by atoms with Gasteiger partial charge in [0, 0.05) is 31.0 Å². The van der Waals surface area contributed by atoms with Crippen molar-refractivity contribution in [1.82, 2.24) is 4.90 Å². The Labute approximate surface area is 105 Å². The maximum Gasteiger partial charge on any atom is 0.253 e. The molecule has 18 heavy (non-hydrogen) atoms. The zero-order valence-corrected chi connectivity index (χ0v) is 10.1. The third-order valence-electron chi connectivity index (χ3n) is 3.19. The molecule has 1 aliphatic rings. The van der Waals surface area contributed by atoms with Crippen molar-refractivity contribution < 1.29 is 14.4 Å². The third kappa shape index (κ3) is 2.50. The van der Waals surface area contributed by atoms with Crippen molar-refractivity contribution >= 4 is 11.6 Å². The number of oxime groups is 1. The number of carbonyl (C=O) groups is 1. The first kappa shape index (κ1) is 12.5. The molecule has 2 rings (SSSR count). The van der Waals surface area contributed by atoms with Crippen LogP contribution in [0.15, 0.2) is 29.4 Å². The summed E-state index contributed by atoms with van der Waals surface area (Å²) in [6.07, 6.45) is 0.554. The molecule has 0 radical (unpaired) electrons. The van der Waals surface area contributed by atoms with Gasteiger partial charge >= 0.3 is 0 Å². The van der Waals surface area contributed by atoms with Gasteiger partial charge in [-0.1, -0.05) is 18.1 Å². The van der Waals surface area contributed by atoms with Gasteiger partial charge in [0.25, 0.3) is 5.91 Å². The predicted octanol–water partition coefficient (Wildman–Crippen LogP) is 2.14.